The van der Waals surface area contributed by atoms with Crippen LogP contribution in [0.3, 0.4) is 0 Å². The van der Waals surface area contributed by atoms with E-state index in [1.165, 1.54) is 13.1 Å². The van der Waals surface area contributed by atoms with E-state index in [9.17, 15) is 18.0 Å². The zero-order valence-electron chi connectivity index (χ0n) is 18.1. The maximum Gasteiger partial charge on any atom is 0.265 e. The first-order valence-electron chi connectivity index (χ1n) is 10.0. The number of sulfonamides is 1. The lowest BCUT2D eigenvalue weighted by molar-refractivity contribution is -0.123. The van der Waals surface area contributed by atoms with Gasteiger partial charge in [0.15, 0.2) is 6.10 Å². The smallest absolute Gasteiger partial charge is 0.265 e. The lowest BCUT2D eigenvalue weighted by atomic mass is 10.1. The summed E-state index contributed by atoms with van der Waals surface area (Å²) in [5.41, 5.74) is 2.93. The van der Waals surface area contributed by atoms with E-state index in [1.807, 2.05) is 38.1 Å². The summed E-state index contributed by atoms with van der Waals surface area (Å²) < 4.78 is 32.9. The fourth-order valence-corrected chi connectivity index (χ4v) is 4.59. The summed E-state index contributed by atoms with van der Waals surface area (Å²) in [7, 11) is -2.59. The topological polar surface area (TPSA) is 105 Å². The molecular formula is C22H27N3O5S. The fourth-order valence-electron chi connectivity index (χ4n) is 3.25. The Hall–Kier alpha value is -2.91. The molecular weight excluding hydrogens is 418 g/mol. The number of anilines is 1. The van der Waals surface area contributed by atoms with Gasteiger partial charge in [0, 0.05) is 19.7 Å². The molecule has 1 aliphatic rings. The Kier molecular flexibility index (Phi) is 6.66. The minimum absolute atomic E-state index is 0.0334. The Balaban J connectivity index is 1.72. The SMILES string of the molecule is CC[C@H]1Oc2cc(S(=O)(=O)N(C)CC(=O)NCc3ccc(C)cc3)c(C)cc2NC1=O. The molecule has 0 spiro atoms. The van der Waals surface area contributed by atoms with Gasteiger partial charge in [-0.2, -0.15) is 4.31 Å². The number of nitrogens with one attached hydrogen (secondary N) is 2. The highest BCUT2D eigenvalue weighted by Gasteiger charge is 2.31. The zero-order valence-corrected chi connectivity index (χ0v) is 18.9. The quantitative estimate of drug-likeness (QED) is 0.681. The molecule has 8 nitrogen and oxygen atoms in total. The minimum Gasteiger partial charge on any atom is -0.478 e. The Morgan fingerprint density at radius 2 is 1.87 bits per heavy atom. The summed E-state index contributed by atoms with van der Waals surface area (Å²) in [6, 6.07) is 10.7. The fraction of sp³-hybridized carbons (Fsp3) is 0.364. The number of rotatable bonds is 7. The molecule has 1 aliphatic heterocycles. The van der Waals surface area contributed by atoms with Crippen LogP contribution in [0.25, 0.3) is 0 Å². The second kappa shape index (κ2) is 9.07. The van der Waals surface area contributed by atoms with Crippen molar-refractivity contribution in [3.05, 3.63) is 53.1 Å². The number of nitrogens with zero attached hydrogens (tertiary/aromatic N) is 1. The van der Waals surface area contributed by atoms with Gasteiger partial charge in [0.2, 0.25) is 15.9 Å². The molecule has 1 heterocycles. The first kappa shape index (κ1) is 22.8. The molecule has 1 atom stereocenters. The van der Waals surface area contributed by atoms with Gasteiger partial charge in [-0.15, -0.1) is 0 Å². The van der Waals surface area contributed by atoms with Crippen LogP contribution in [0, 0.1) is 13.8 Å². The molecule has 9 heteroatoms. The maximum absolute atomic E-state index is 13.1. The van der Waals surface area contributed by atoms with Gasteiger partial charge in [0.05, 0.1) is 17.1 Å². The van der Waals surface area contributed by atoms with Gasteiger partial charge in [0.1, 0.15) is 5.75 Å². The third-order valence-electron chi connectivity index (χ3n) is 5.13. The maximum atomic E-state index is 13.1. The van der Waals surface area contributed by atoms with Crippen molar-refractivity contribution in [1.29, 1.82) is 0 Å². The van der Waals surface area contributed by atoms with Crippen LogP contribution in [0.5, 0.6) is 5.75 Å². The second-order valence-electron chi connectivity index (χ2n) is 7.64. The monoisotopic (exact) mass is 445 g/mol. The molecule has 166 valence electrons. The summed E-state index contributed by atoms with van der Waals surface area (Å²) in [6.07, 6.45) is -0.210. The third kappa shape index (κ3) is 5.05. The van der Waals surface area contributed by atoms with Crippen LogP contribution in [-0.4, -0.2) is 44.2 Å². The molecule has 31 heavy (non-hydrogen) atoms. The third-order valence-corrected chi connectivity index (χ3v) is 7.08. The molecule has 0 saturated heterocycles. The summed E-state index contributed by atoms with van der Waals surface area (Å²) in [6.45, 7) is 5.42. The van der Waals surface area contributed by atoms with Gasteiger partial charge < -0.3 is 15.4 Å². The number of hydrogen-bond acceptors (Lipinski definition) is 5. The highest BCUT2D eigenvalue weighted by Crippen LogP contribution is 2.35. The zero-order chi connectivity index (χ0) is 22.8. The molecule has 3 rings (SSSR count). The Morgan fingerprint density at radius 3 is 2.52 bits per heavy atom. The van der Waals surface area contributed by atoms with E-state index in [1.54, 1.807) is 13.0 Å². The Labute approximate surface area is 182 Å². The first-order chi connectivity index (χ1) is 14.6. The number of ether oxygens (including phenoxy) is 1. The van der Waals surface area contributed by atoms with Crippen LogP contribution in [0.2, 0.25) is 0 Å². The average molecular weight is 446 g/mol. The number of likely N-dealkylation sites (N-methyl/N-ethyl adjacent to an activating group) is 1. The minimum atomic E-state index is -3.94. The van der Waals surface area contributed by atoms with Crippen molar-refractivity contribution in [2.75, 3.05) is 18.9 Å². The summed E-state index contributed by atoms with van der Waals surface area (Å²) >= 11 is 0. The van der Waals surface area contributed by atoms with Crippen molar-refractivity contribution in [1.82, 2.24) is 9.62 Å². The lowest BCUT2D eigenvalue weighted by Crippen LogP contribution is -2.39. The van der Waals surface area contributed by atoms with Crippen LogP contribution in [0.4, 0.5) is 5.69 Å². The van der Waals surface area contributed by atoms with Crippen molar-refractivity contribution in [3.8, 4) is 5.75 Å². The summed E-state index contributed by atoms with van der Waals surface area (Å²) in [4.78, 5) is 24.3. The number of carbonyl (C=O) groups excluding carboxylic acids is 2. The Morgan fingerprint density at radius 1 is 1.19 bits per heavy atom. The molecule has 2 amide bonds. The molecule has 0 aliphatic carbocycles. The first-order valence-corrected chi connectivity index (χ1v) is 11.5. The van der Waals surface area contributed by atoms with Gasteiger partial charge in [-0.05, 0) is 37.5 Å². The van der Waals surface area contributed by atoms with Gasteiger partial charge in [0.25, 0.3) is 5.91 Å². The predicted octanol–water partition coefficient (Wildman–Crippen LogP) is 2.35. The summed E-state index contributed by atoms with van der Waals surface area (Å²) in [5.74, 6) is -0.364. The van der Waals surface area contributed by atoms with Gasteiger partial charge in [-0.25, -0.2) is 8.42 Å². The van der Waals surface area contributed by atoms with Crippen molar-refractivity contribution >= 4 is 27.5 Å². The average Bonchev–Trinajstić information content (AvgIpc) is 2.72. The lowest BCUT2D eigenvalue weighted by Gasteiger charge is -2.27. The normalized spacial score (nSPS) is 15.8. The van der Waals surface area contributed by atoms with Crippen molar-refractivity contribution in [2.45, 2.75) is 44.7 Å². The molecule has 0 radical (unpaired) electrons. The van der Waals surface area contributed by atoms with E-state index in [0.717, 1.165) is 15.4 Å². The van der Waals surface area contributed by atoms with E-state index in [4.69, 9.17) is 4.74 Å². The predicted molar refractivity (Wildman–Crippen MR) is 117 cm³/mol. The molecule has 0 saturated carbocycles. The molecule has 0 unspecified atom stereocenters. The van der Waals surface area contributed by atoms with Crippen LogP contribution in [0.15, 0.2) is 41.3 Å². The molecule has 2 aromatic rings. The van der Waals surface area contributed by atoms with E-state index in [0.29, 0.717) is 30.0 Å². The number of carbonyl (C=O) groups is 2. The van der Waals surface area contributed by atoms with E-state index >= 15 is 0 Å². The van der Waals surface area contributed by atoms with Crippen molar-refractivity contribution in [3.63, 3.8) is 0 Å². The number of hydrogen-bond donors (Lipinski definition) is 2. The highest BCUT2D eigenvalue weighted by molar-refractivity contribution is 7.89. The van der Waals surface area contributed by atoms with E-state index in [-0.39, 0.29) is 17.3 Å². The largest absolute Gasteiger partial charge is 0.478 e. The number of fused-ring (bicyclic) bond motifs is 1. The van der Waals surface area contributed by atoms with E-state index < -0.39 is 22.0 Å². The van der Waals surface area contributed by atoms with Gasteiger partial charge in [-0.3, -0.25) is 9.59 Å². The number of benzene rings is 2. The van der Waals surface area contributed by atoms with Crippen molar-refractivity contribution < 1.29 is 22.7 Å². The van der Waals surface area contributed by atoms with Crippen LogP contribution >= 0.6 is 0 Å². The van der Waals surface area contributed by atoms with Gasteiger partial charge in [-0.1, -0.05) is 36.8 Å². The Bertz CT molecular complexity index is 1100. The molecule has 0 bridgehead atoms. The van der Waals surface area contributed by atoms with Crippen LogP contribution in [-0.2, 0) is 26.2 Å². The number of amides is 2. The number of aryl methyl sites for hydroxylation is 2. The van der Waals surface area contributed by atoms with Crippen LogP contribution < -0.4 is 15.4 Å². The molecule has 0 aromatic heterocycles. The standard InChI is InChI=1S/C22H27N3O5S/c1-5-18-22(27)24-17-10-15(3)20(11-19(17)30-18)31(28,29)25(4)13-21(26)23-12-16-8-6-14(2)7-9-16/h6-11,18H,5,12-13H2,1-4H3,(H,23,26)(H,24,27)/t18-/m1/s1. The van der Waals surface area contributed by atoms with Crippen LogP contribution in [0.1, 0.15) is 30.0 Å². The van der Waals surface area contributed by atoms with Crippen molar-refractivity contribution in [2.24, 2.45) is 0 Å². The van der Waals surface area contributed by atoms with Gasteiger partial charge >= 0.3 is 0 Å². The summed E-state index contributed by atoms with van der Waals surface area (Å²) in [5, 5.41) is 5.48. The second-order valence-corrected chi connectivity index (χ2v) is 9.65. The molecule has 0 fully saturated rings. The molecule has 2 N–H and O–H groups in total. The van der Waals surface area contributed by atoms with E-state index in [2.05, 4.69) is 10.6 Å². The highest BCUT2D eigenvalue weighted by atomic mass is 32.2. The molecule has 2 aromatic carbocycles.